The molecule has 0 N–H and O–H groups in total. The van der Waals surface area contributed by atoms with Crippen LogP contribution >= 0.6 is 0 Å². The lowest BCUT2D eigenvalue weighted by molar-refractivity contribution is -0.122. The maximum absolute atomic E-state index is 11.1. The smallest absolute Gasteiger partial charge is 0.168 e. The minimum atomic E-state index is -0.306. The third-order valence-electron chi connectivity index (χ3n) is 2.86. The lowest BCUT2D eigenvalue weighted by atomic mass is 9.74. The summed E-state index contributed by atoms with van der Waals surface area (Å²) in [7, 11) is 5.26. The zero-order valence-electron chi connectivity index (χ0n) is 7.87. The van der Waals surface area contributed by atoms with Crippen LogP contribution in [0.3, 0.4) is 0 Å². The molecule has 2 nitrogen and oxygen atoms in total. The zero-order chi connectivity index (χ0) is 9.68. The third-order valence-corrected chi connectivity index (χ3v) is 2.86. The van der Waals surface area contributed by atoms with Crippen molar-refractivity contribution in [3.8, 4) is 0 Å². The summed E-state index contributed by atoms with van der Waals surface area (Å²) in [5.74, 6) is -0.337. The van der Waals surface area contributed by atoms with E-state index in [9.17, 15) is 9.59 Å². The fourth-order valence-electron chi connectivity index (χ4n) is 2.03. The molecule has 2 atom stereocenters. The van der Waals surface area contributed by atoms with Gasteiger partial charge in [0.15, 0.2) is 7.85 Å². The van der Waals surface area contributed by atoms with E-state index in [1.165, 1.54) is 6.42 Å². The summed E-state index contributed by atoms with van der Waals surface area (Å²) in [5.41, 5.74) is -0.306. The monoisotopic (exact) mass is 178 g/mol. The highest BCUT2D eigenvalue weighted by molar-refractivity contribution is 6.58. The average Bonchev–Trinajstić information content (AvgIpc) is 2.03. The van der Waals surface area contributed by atoms with Gasteiger partial charge in [0.1, 0.15) is 6.29 Å². The summed E-state index contributed by atoms with van der Waals surface area (Å²) in [6.45, 7) is 0. The second-order valence-electron chi connectivity index (χ2n) is 3.80. The van der Waals surface area contributed by atoms with E-state index in [-0.39, 0.29) is 17.5 Å². The lowest BCUT2D eigenvalue weighted by Gasteiger charge is -2.23. The van der Waals surface area contributed by atoms with Gasteiger partial charge < -0.3 is 9.59 Å². The normalized spacial score (nSPS) is 30.2. The second-order valence-corrected chi connectivity index (χ2v) is 3.80. The molecule has 1 aliphatic rings. The van der Waals surface area contributed by atoms with Crippen LogP contribution in [0.4, 0.5) is 0 Å². The van der Waals surface area contributed by atoms with Gasteiger partial charge in [0.05, 0.1) is 5.68 Å². The predicted octanol–water partition coefficient (Wildman–Crippen LogP) is 1.47. The fraction of sp³-hybridized carbons (Fsp3) is 0.800. The van der Waals surface area contributed by atoms with Crippen LogP contribution in [0.2, 0.25) is 0 Å². The number of carbonyl (C=O) groups is 2. The molecule has 0 aliphatic heterocycles. The Morgan fingerprint density at radius 1 is 1.15 bits per heavy atom. The topological polar surface area (TPSA) is 34.1 Å². The van der Waals surface area contributed by atoms with Gasteiger partial charge in [-0.05, 0) is 12.8 Å². The predicted molar refractivity (Wildman–Crippen MR) is 51.5 cm³/mol. The molecule has 0 aromatic heterocycles. The molecule has 70 valence electrons. The van der Waals surface area contributed by atoms with Crippen molar-refractivity contribution in [3.05, 3.63) is 0 Å². The summed E-state index contributed by atoms with van der Waals surface area (Å²) < 4.78 is 0. The standard InChI is InChI=1S/C10H15BO2/c11-10(13)9-6-4-2-1-3-5-8(9)7-12/h7-9H,1-6H2. The molecule has 2 unspecified atom stereocenters. The molecule has 3 heteroatoms. The van der Waals surface area contributed by atoms with Gasteiger partial charge in [-0.3, -0.25) is 0 Å². The molecular formula is C10H15BO2. The van der Waals surface area contributed by atoms with Gasteiger partial charge in [0.2, 0.25) is 0 Å². The molecule has 0 spiro atoms. The maximum Gasteiger partial charge on any atom is 0.168 e. The third kappa shape index (κ3) is 2.98. The van der Waals surface area contributed by atoms with Crippen molar-refractivity contribution < 1.29 is 9.59 Å². The highest BCUT2D eigenvalue weighted by Crippen LogP contribution is 2.26. The number of hydrogen-bond acceptors (Lipinski definition) is 2. The van der Waals surface area contributed by atoms with Crippen molar-refractivity contribution in [2.75, 3.05) is 0 Å². The Morgan fingerprint density at radius 2 is 1.77 bits per heavy atom. The van der Waals surface area contributed by atoms with Gasteiger partial charge in [-0.25, -0.2) is 0 Å². The van der Waals surface area contributed by atoms with E-state index in [1.807, 2.05) is 0 Å². The van der Waals surface area contributed by atoms with E-state index in [0.717, 1.165) is 38.4 Å². The molecule has 13 heavy (non-hydrogen) atoms. The molecule has 0 amide bonds. The van der Waals surface area contributed by atoms with Crippen molar-refractivity contribution >= 4 is 19.8 Å². The maximum atomic E-state index is 11.1. The van der Waals surface area contributed by atoms with Gasteiger partial charge in [-0.1, -0.05) is 25.7 Å². The van der Waals surface area contributed by atoms with Gasteiger partial charge >= 0.3 is 0 Å². The van der Waals surface area contributed by atoms with Crippen molar-refractivity contribution in [1.29, 1.82) is 0 Å². The minimum absolute atomic E-state index is 0.127. The van der Waals surface area contributed by atoms with Crippen molar-refractivity contribution in [2.45, 2.75) is 38.5 Å². The molecule has 1 rings (SSSR count). The first-order valence-electron chi connectivity index (χ1n) is 5.00. The Hall–Kier alpha value is -0.595. The van der Waals surface area contributed by atoms with Gasteiger partial charge in [-0.2, -0.15) is 0 Å². The van der Waals surface area contributed by atoms with Crippen molar-refractivity contribution in [3.63, 3.8) is 0 Å². The van der Waals surface area contributed by atoms with E-state index in [0.29, 0.717) is 0 Å². The molecule has 2 radical (unpaired) electrons. The summed E-state index contributed by atoms with van der Waals surface area (Å²) >= 11 is 0. The average molecular weight is 178 g/mol. The molecule has 1 fully saturated rings. The lowest BCUT2D eigenvalue weighted by Crippen LogP contribution is -2.26. The van der Waals surface area contributed by atoms with E-state index in [1.54, 1.807) is 0 Å². The SMILES string of the molecule is [B]C(=O)C1CCCCCCC1C=O. The quantitative estimate of drug-likeness (QED) is 0.473. The Balaban J connectivity index is 2.60. The molecule has 0 heterocycles. The van der Waals surface area contributed by atoms with Crippen molar-refractivity contribution in [2.24, 2.45) is 11.8 Å². The highest BCUT2D eigenvalue weighted by Gasteiger charge is 2.24. The Morgan fingerprint density at radius 3 is 2.31 bits per heavy atom. The van der Waals surface area contributed by atoms with Gasteiger partial charge in [0, 0.05) is 11.8 Å². The number of rotatable bonds is 2. The summed E-state index contributed by atoms with van der Waals surface area (Å²) in [5, 5.41) is 0. The van der Waals surface area contributed by atoms with Gasteiger partial charge in [0.25, 0.3) is 0 Å². The number of aldehydes is 1. The summed E-state index contributed by atoms with van der Waals surface area (Å²) in [4.78, 5) is 21.8. The van der Waals surface area contributed by atoms with E-state index in [4.69, 9.17) is 7.85 Å². The van der Waals surface area contributed by atoms with Crippen LogP contribution in [0, 0.1) is 11.8 Å². The van der Waals surface area contributed by atoms with Crippen LogP contribution in [-0.2, 0) is 9.59 Å². The summed E-state index contributed by atoms with van der Waals surface area (Å²) in [6.07, 6.45) is 6.94. The van der Waals surface area contributed by atoms with E-state index in [2.05, 4.69) is 0 Å². The number of carbonyl (C=O) groups excluding carboxylic acids is 2. The van der Waals surface area contributed by atoms with Crippen LogP contribution in [0.1, 0.15) is 38.5 Å². The van der Waals surface area contributed by atoms with Crippen LogP contribution in [0.5, 0.6) is 0 Å². The number of hydrogen-bond donors (Lipinski definition) is 0. The Kier molecular flexibility index (Phi) is 4.20. The molecule has 1 aliphatic carbocycles. The summed E-state index contributed by atoms with van der Waals surface area (Å²) in [6, 6.07) is 0. The molecule has 0 aromatic carbocycles. The van der Waals surface area contributed by atoms with E-state index >= 15 is 0 Å². The molecule has 0 bridgehead atoms. The van der Waals surface area contributed by atoms with Crippen molar-refractivity contribution in [1.82, 2.24) is 0 Å². The fourth-order valence-corrected chi connectivity index (χ4v) is 2.03. The first kappa shape index (κ1) is 10.5. The Bertz CT molecular complexity index is 191. The molecule has 0 saturated heterocycles. The van der Waals surface area contributed by atoms with Crippen LogP contribution in [0.15, 0.2) is 0 Å². The molecule has 1 saturated carbocycles. The van der Waals surface area contributed by atoms with Crippen LogP contribution in [0.25, 0.3) is 0 Å². The van der Waals surface area contributed by atoms with E-state index < -0.39 is 0 Å². The molecule has 0 aromatic rings. The van der Waals surface area contributed by atoms with Crippen LogP contribution in [-0.4, -0.2) is 19.8 Å². The first-order valence-corrected chi connectivity index (χ1v) is 5.00. The largest absolute Gasteiger partial charge is 0.312 e. The Labute approximate surface area is 80.5 Å². The highest BCUT2D eigenvalue weighted by atomic mass is 16.1. The minimum Gasteiger partial charge on any atom is -0.312 e. The van der Waals surface area contributed by atoms with Gasteiger partial charge in [-0.15, -0.1) is 0 Å². The first-order chi connectivity index (χ1) is 6.25. The zero-order valence-corrected chi connectivity index (χ0v) is 7.87. The molecular weight excluding hydrogens is 163 g/mol. The van der Waals surface area contributed by atoms with Crippen LogP contribution < -0.4 is 0 Å². The second kappa shape index (κ2) is 5.20.